The summed E-state index contributed by atoms with van der Waals surface area (Å²) in [7, 11) is 1.63. The maximum Gasteiger partial charge on any atom is 0.223 e. The number of benzene rings is 2. The summed E-state index contributed by atoms with van der Waals surface area (Å²) < 4.78 is 23.9. The lowest BCUT2D eigenvalue weighted by Gasteiger charge is -2.39. The summed E-state index contributed by atoms with van der Waals surface area (Å²) in [4.78, 5) is 14.0. The second-order valence-corrected chi connectivity index (χ2v) is 6.21. The van der Waals surface area contributed by atoms with Gasteiger partial charge in [-0.25, -0.2) is 4.39 Å². The van der Waals surface area contributed by atoms with E-state index in [4.69, 9.17) is 9.47 Å². The van der Waals surface area contributed by atoms with E-state index in [1.807, 2.05) is 30.3 Å². The largest absolute Gasteiger partial charge is 0.497 e. The average Bonchev–Trinajstić information content (AvgIpc) is 2.59. The molecule has 0 spiro atoms. The zero-order chi connectivity index (χ0) is 17.6. The van der Waals surface area contributed by atoms with Gasteiger partial charge in [0.05, 0.1) is 19.8 Å². The Morgan fingerprint density at radius 1 is 1.16 bits per heavy atom. The van der Waals surface area contributed by atoms with Crippen LogP contribution >= 0.6 is 0 Å². The van der Waals surface area contributed by atoms with Crippen LogP contribution in [-0.2, 0) is 22.6 Å². The molecule has 0 unspecified atom stereocenters. The van der Waals surface area contributed by atoms with Crippen molar-refractivity contribution in [3.05, 3.63) is 65.5 Å². The van der Waals surface area contributed by atoms with Crippen LogP contribution in [0.1, 0.15) is 17.5 Å². The first-order valence-corrected chi connectivity index (χ1v) is 8.41. The number of methoxy groups -OCH3 is 1. The van der Waals surface area contributed by atoms with Crippen LogP contribution in [0.3, 0.4) is 0 Å². The fourth-order valence-electron chi connectivity index (χ4n) is 2.79. The van der Waals surface area contributed by atoms with E-state index >= 15 is 0 Å². The highest BCUT2D eigenvalue weighted by Crippen LogP contribution is 2.17. The molecule has 1 aliphatic rings. The SMILES string of the molecule is COc1ccc(CCC(=O)N2CC(OCc3cccc(F)c3)C2)cc1. The van der Waals surface area contributed by atoms with E-state index in [9.17, 15) is 9.18 Å². The number of rotatable bonds is 7. The topological polar surface area (TPSA) is 38.8 Å². The Morgan fingerprint density at radius 3 is 2.60 bits per heavy atom. The number of amides is 1. The van der Waals surface area contributed by atoms with Crippen molar-refractivity contribution in [2.75, 3.05) is 20.2 Å². The quantitative estimate of drug-likeness (QED) is 0.775. The highest BCUT2D eigenvalue weighted by atomic mass is 19.1. The summed E-state index contributed by atoms with van der Waals surface area (Å²) >= 11 is 0. The Kier molecular flexibility index (Phi) is 5.66. The Hall–Kier alpha value is -2.40. The van der Waals surface area contributed by atoms with E-state index in [1.54, 1.807) is 18.1 Å². The molecule has 0 bridgehead atoms. The normalized spacial score (nSPS) is 14.2. The van der Waals surface area contributed by atoms with Gasteiger partial charge in [0.1, 0.15) is 11.6 Å². The summed E-state index contributed by atoms with van der Waals surface area (Å²) in [5.41, 5.74) is 1.93. The fourth-order valence-corrected chi connectivity index (χ4v) is 2.79. The van der Waals surface area contributed by atoms with Crippen LogP contribution in [0.25, 0.3) is 0 Å². The van der Waals surface area contributed by atoms with Crippen molar-refractivity contribution in [1.29, 1.82) is 0 Å². The summed E-state index contributed by atoms with van der Waals surface area (Å²) in [5.74, 6) is 0.697. The van der Waals surface area contributed by atoms with Crippen LogP contribution in [0.4, 0.5) is 4.39 Å². The Morgan fingerprint density at radius 2 is 1.92 bits per heavy atom. The molecule has 1 aliphatic heterocycles. The average molecular weight is 343 g/mol. The molecular formula is C20H22FNO3. The van der Waals surface area contributed by atoms with E-state index in [0.29, 0.717) is 32.5 Å². The second-order valence-electron chi connectivity index (χ2n) is 6.21. The van der Waals surface area contributed by atoms with Gasteiger partial charge in [0.25, 0.3) is 0 Å². The van der Waals surface area contributed by atoms with Crippen molar-refractivity contribution in [1.82, 2.24) is 4.90 Å². The second kappa shape index (κ2) is 8.12. The lowest BCUT2D eigenvalue weighted by molar-refractivity contribution is -0.145. The first-order chi connectivity index (χ1) is 12.1. The van der Waals surface area contributed by atoms with Gasteiger partial charge in [-0.15, -0.1) is 0 Å². The fraction of sp³-hybridized carbons (Fsp3) is 0.350. The predicted molar refractivity (Wildman–Crippen MR) is 92.9 cm³/mol. The molecule has 25 heavy (non-hydrogen) atoms. The molecule has 132 valence electrons. The zero-order valence-electron chi connectivity index (χ0n) is 14.3. The number of hydrogen-bond donors (Lipinski definition) is 0. The van der Waals surface area contributed by atoms with E-state index in [1.165, 1.54) is 12.1 Å². The minimum absolute atomic E-state index is 0.0354. The highest BCUT2D eigenvalue weighted by Gasteiger charge is 2.30. The number of carbonyl (C=O) groups is 1. The van der Waals surface area contributed by atoms with Crippen LogP contribution in [0.15, 0.2) is 48.5 Å². The standard InChI is InChI=1S/C20H22FNO3/c1-24-18-8-5-15(6-9-18)7-10-20(23)22-12-19(13-22)25-14-16-3-2-4-17(21)11-16/h2-6,8-9,11,19H,7,10,12-14H2,1H3. The van der Waals surface area contributed by atoms with Gasteiger partial charge in [0.15, 0.2) is 0 Å². The molecule has 0 N–H and O–H groups in total. The minimum atomic E-state index is -0.259. The first kappa shape index (κ1) is 17.4. The minimum Gasteiger partial charge on any atom is -0.497 e. The highest BCUT2D eigenvalue weighted by molar-refractivity contribution is 5.77. The van der Waals surface area contributed by atoms with E-state index < -0.39 is 0 Å². The monoisotopic (exact) mass is 343 g/mol. The zero-order valence-corrected chi connectivity index (χ0v) is 14.3. The Labute approximate surface area is 147 Å². The number of ether oxygens (including phenoxy) is 2. The van der Waals surface area contributed by atoms with Crippen molar-refractivity contribution in [2.45, 2.75) is 25.6 Å². The van der Waals surface area contributed by atoms with Gasteiger partial charge < -0.3 is 14.4 Å². The molecule has 0 aromatic heterocycles. The molecule has 4 nitrogen and oxygen atoms in total. The van der Waals surface area contributed by atoms with Gasteiger partial charge in [0.2, 0.25) is 5.91 Å². The number of likely N-dealkylation sites (tertiary alicyclic amines) is 1. The van der Waals surface area contributed by atoms with Crippen molar-refractivity contribution >= 4 is 5.91 Å². The Bertz CT molecular complexity index is 711. The smallest absolute Gasteiger partial charge is 0.223 e. The molecule has 2 aromatic carbocycles. The summed E-state index contributed by atoms with van der Waals surface area (Å²) in [6.07, 6.45) is 1.24. The van der Waals surface area contributed by atoms with Gasteiger partial charge >= 0.3 is 0 Å². The summed E-state index contributed by atoms with van der Waals surface area (Å²) in [6, 6.07) is 14.1. The van der Waals surface area contributed by atoms with Crippen LogP contribution in [0, 0.1) is 5.82 Å². The predicted octanol–water partition coefficient (Wildman–Crippen LogP) is 3.19. The Balaban J connectivity index is 1.36. The molecule has 1 amide bonds. The molecule has 0 saturated carbocycles. The molecule has 1 fully saturated rings. The van der Waals surface area contributed by atoms with Crippen molar-refractivity contribution in [3.63, 3.8) is 0 Å². The van der Waals surface area contributed by atoms with Crippen molar-refractivity contribution < 1.29 is 18.7 Å². The van der Waals surface area contributed by atoms with Crippen LogP contribution < -0.4 is 4.74 Å². The number of hydrogen-bond acceptors (Lipinski definition) is 3. The van der Waals surface area contributed by atoms with Crippen molar-refractivity contribution in [2.24, 2.45) is 0 Å². The third-order valence-corrected chi connectivity index (χ3v) is 4.36. The maximum atomic E-state index is 13.1. The molecule has 0 radical (unpaired) electrons. The van der Waals surface area contributed by atoms with Crippen LogP contribution in [0.2, 0.25) is 0 Å². The number of nitrogens with zero attached hydrogens (tertiary/aromatic N) is 1. The van der Waals surface area contributed by atoms with Gasteiger partial charge in [-0.3, -0.25) is 4.79 Å². The molecule has 0 aliphatic carbocycles. The third kappa shape index (κ3) is 4.79. The van der Waals surface area contributed by atoms with Gasteiger partial charge in [-0.05, 0) is 41.8 Å². The third-order valence-electron chi connectivity index (χ3n) is 4.36. The molecule has 2 aromatic rings. The van der Waals surface area contributed by atoms with E-state index in [0.717, 1.165) is 16.9 Å². The van der Waals surface area contributed by atoms with Crippen LogP contribution in [0.5, 0.6) is 5.75 Å². The summed E-state index contributed by atoms with van der Waals surface area (Å²) in [6.45, 7) is 1.59. The van der Waals surface area contributed by atoms with Crippen LogP contribution in [-0.4, -0.2) is 37.1 Å². The van der Waals surface area contributed by atoms with E-state index in [2.05, 4.69) is 0 Å². The first-order valence-electron chi connectivity index (χ1n) is 8.41. The van der Waals surface area contributed by atoms with Gasteiger partial charge in [-0.2, -0.15) is 0 Å². The molecule has 3 rings (SSSR count). The molecule has 1 heterocycles. The summed E-state index contributed by atoms with van der Waals surface area (Å²) in [5, 5.41) is 0. The molecular weight excluding hydrogens is 321 g/mol. The lowest BCUT2D eigenvalue weighted by Crippen LogP contribution is -2.54. The number of halogens is 1. The number of carbonyl (C=O) groups excluding carboxylic acids is 1. The molecule has 5 heteroatoms. The van der Waals surface area contributed by atoms with E-state index in [-0.39, 0.29) is 17.8 Å². The molecule has 1 saturated heterocycles. The molecule has 0 atom stereocenters. The maximum absolute atomic E-state index is 13.1. The van der Waals surface area contributed by atoms with Gasteiger partial charge in [0, 0.05) is 19.5 Å². The van der Waals surface area contributed by atoms with Crippen molar-refractivity contribution in [3.8, 4) is 5.75 Å². The lowest BCUT2D eigenvalue weighted by atomic mass is 10.1. The van der Waals surface area contributed by atoms with Gasteiger partial charge in [-0.1, -0.05) is 24.3 Å². The number of aryl methyl sites for hydroxylation is 1.